The Morgan fingerprint density at radius 2 is 1.74 bits per heavy atom. The SMILES string of the molecule is CC(C)[C@@H](NC(=O)c1cccs1)C(=O)O[C@H](C)C(=O)Nc1ccc(Cl)cc1. The monoisotopic (exact) mass is 408 g/mol. The number of carbonyl (C=O) groups is 3. The molecule has 2 aromatic rings. The first-order chi connectivity index (χ1) is 12.8. The van der Waals surface area contributed by atoms with Crippen molar-refractivity contribution in [1.29, 1.82) is 0 Å². The Kier molecular flexibility index (Phi) is 7.38. The highest BCUT2D eigenvalue weighted by Crippen LogP contribution is 2.15. The summed E-state index contributed by atoms with van der Waals surface area (Å²) in [6.07, 6.45) is -1.02. The molecular formula is C19H21ClN2O4S. The lowest BCUT2D eigenvalue weighted by atomic mass is 10.0. The highest BCUT2D eigenvalue weighted by molar-refractivity contribution is 7.12. The van der Waals surface area contributed by atoms with Gasteiger partial charge in [-0.15, -0.1) is 11.3 Å². The summed E-state index contributed by atoms with van der Waals surface area (Å²) in [5.74, 6) is -1.68. The molecule has 2 atom stereocenters. The van der Waals surface area contributed by atoms with Crippen molar-refractivity contribution < 1.29 is 19.1 Å². The number of amides is 2. The fourth-order valence-corrected chi connectivity index (χ4v) is 2.95. The molecule has 0 bridgehead atoms. The molecule has 8 heteroatoms. The van der Waals surface area contributed by atoms with Gasteiger partial charge in [-0.2, -0.15) is 0 Å². The average molecular weight is 409 g/mol. The number of halogens is 1. The van der Waals surface area contributed by atoms with Crippen LogP contribution in [0.15, 0.2) is 41.8 Å². The maximum atomic E-state index is 12.5. The number of hydrogen-bond donors (Lipinski definition) is 2. The van der Waals surface area contributed by atoms with E-state index in [9.17, 15) is 14.4 Å². The van der Waals surface area contributed by atoms with Crippen LogP contribution in [0.3, 0.4) is 0 Å². The topological polar surface area (TPSA) is 84.5 Å². The van der Waals surface area contributed by atoms with Crippen LogP contribution in [-0.2, 0) is 14.3 Å². The molecule has 0 aliphatic heterocycles. The van der Waals surface area contributed by atoms with Gasteiger partial charge in [0.15, 0.2) is 6.10 Å². The van der Waals surface area contributed by atoms with Crippen molar-refractivity contribution in [3.63, 3.8) is 0 Å². The van der Waals surface area contributed by atoms with E-state index in [0.717, 1.165) is 0 Å². The van der Waals surface area contributed by atoms with Gasteiger partial charge in [-0.3, -0.25) is 9.59 Å². The van der Waals surface area contributed by atoms with E-state index in [4.69, 9.17) is 16.3 Å². The van der Waals surface area contributed by atoms with Crippen LogP contribution in [-0.4, -0.2) is 29.9 Å². The zero-order valence-corrected chi connectivity index (χ0v) is 16.8. The van der Waals surface area contributed by atoms with Crippen LogP contribution in [0.1, 0.15) is 30.4 Å². The van der Waals surface area contributed by atoms with E-state index in [-0.39, 0.29) is 11.8 Å². The van der Waals surface area contributed by atoms with E-state index in [0.29, 0.717) is 15.6 Å². The molecule has 0 spiro atoms. The zero-order valence-electron chi connectivity index (χ0n) is 15.2. The van der Waals surface area contributed by atoms with Crippen LogP contribution in [0.2, 0.25) is 5.02 Å². The molecule has 0 radical (unpaired) electrons. The minimum Gasteiger partial charge on any atom is -0.451 e. The van der Waals surface area contributed by atoms with Crippen molar-refractivity contribution in [1.82, 2.24) is 5.32 Å². The Bertz CT molecular complexity index is 791. The summed E-state index contributed by atoms with van der Waals surface area (Å²) in [6.45, 7) is 5.06. The lowest BCUT2D eigenvalue weighted by molar-refractivity contribution is -0.156. The number of nitrogens with one attached hydrogen (secondary N) is 2. The van der Waals surface area contributed by atoms with Crippen molar-refractivity contribution >= 4 is 46.4 Å². The summed E-state index contributed by atoms with van der Waals surface area (Å²) in [4.78, 5) is 37.4. The quantitative estimate of drug-likeness (QED) is 0.683. The van der Waals surface area contributed by atoms with Gasteiger partial charge in [0.25, 0.3) is 11.8 Å². The van der Waals surface area contributed by atoms with Crippen LogP contribution < -0.4 is 10.6 Å². The van der Waals surface area contributed by atoms with Crippen molar-refractivity contribution in [3.8, 4) is 0 Å². The first-order valence-corrected chi connectivity index (χ1v) is 9.65. The molecule has 2 amide bonds. The van der Waals surface area contributed by atoms with Crippen molar-refractivity contribution in [3.05, 3.63) is 51.7 Å². The third-order valence-corrected chi connectivity index (χ3v) is 4.85. The van der Waals surface area contributed by atoms with Crippen molar-refractivity contribution in [2.45, 2.75) is 32.9 Å². The van der Waals surface area contributed by atoms with E-state index < -0.39 is 24.0 Å². The van der Waals surface area contributed by atoms with Gasteiger partial charge in [-0.25, -0.2) is 4.79 Å². The number of rotatable bonds is 7. The van der Waals surface area contributed by atoms with E-state index in [2.05, 4.69) is 10.6 Å². The Labute approximate surface area is 166 Å². The number of hydrogen-bond acceptors (Lipinski definition) is 5. The molecule has 1 heterocycles. The van der Waals surface area contributed by atoms with Gasteiger partial charge in [-0.05, 0) is 48.6 Å². The Morgan fingerprint density at radius 3 is 2.30 bits per heavy atom. The smallest absolute Gasteiger partial charge is 0.329 e. The summed E-state index contributed by atoms with van der Waals surface area (Å²) in [5, 5.41) is 7.64. The second-order valence-electron chi connectivity index (χ2n) is 6.25. The summed E-state index contributed by atoms with van der Waals surface area (Å²) in [5.41, 5.74) is 0.540. The normalized spacial score (nSPS) is 12.9. The number of carbonyl (C=O) groups excluding carboxylic acids is 3. The minimum atomic E-state index is -1.02. The number of esters is 1. The molecule has 0 saturated carbocycles. The predicted molar refractivity (Wildman–Crippen MR) is 106 cm³/mol. The van der Waals surface area contributed by atoms with Crippen LogP contribution in [0.4, 0.5) is 5.69 Å². The van der Waals surface area contributed by atoms with Crippen molar-refractivity contribution in [2.24, 2.45) is 5.92 Å². The molecule has 6 nitrogen and oxygen atoms in total. The van der Waals surface area contributed by atoms with E-state index >= 15 is 0 Å². The molecule has 0 unspecified atom stereocenters. The molecule has 0 aliphatic carbocycles. The molecule has 0 aliphatic rings. The summed E-state index contributed by atoms with van der Waals surface area (Å²) in [6, 6.07) is 9.15. The Balaban J connectivity index is 1.95. The standard InChI is InChI=1S/C19H21ClN2O4S/c1-11(2)16(22-18(24)15-5-4-10-27-15)19(25)26-12(3)17(23)21-14-8-6-13(20)7-9-14/h4-12,16H,1-3H3,(H,21,23)(H,22,24)/t12-,16-/m1/s1. The third kappa shape index (κ3) is 6.08. The van der Waals surface area contributed by atoms with E-state index in [1.807, 2.05) is 0 Å². The first kappa shape index (κ1) is 20.9. The number of ether oxygens (including phenoxy) is 1. The van der Waals surface area contributed by atoms with E-state index in [1.165, 1.54) is 18.3 Å². The maximum absolute atomic E-state index is 12.5. The molecule has 27 heavy (non-hydrogen) atoms. The third-order valence-electron chi connectivity index (χ3n) is 3.73. The molecule has 1 aromatic heterocycles. The summed E-state index contributed by atoms with van der Waals surface area (Å²) >= 11 is 7.09. The van der Waals surface area contributed by atoms with Gasteiger partial charge >= 0.3 is 5.97 Å². The van der Waals surface area contributed by atoms with E-state index in [1.54, 1.807) is 55.6 Å². The largest absolute Gasteiger partial charge is 0.451 e. The highest BCUT2D eigenvalue weighted by atomic mass is 35.5. The fraction of sp³-hybridized carbons (Fsp3) is 0.316. The fourth-order valence-electron chi connectivity index (χ4n) is 2.20. The lowest BCUT2D eigenvalue weighted by Gasteiger charge is -2.22. The van der Waals surface area contributed by atoms with Gasteiger partial charge in [0.05, 0.1) is 4.88 Å². The average Bonchev–Trinajstić information content (AvgIpc) is 3.15. The van der Waals surface area contributed by atoms with Crippen LogP contribution >= 0.6 is 22.9 Å². The second kappa shape index (κ2) is 9.53. The summed E-state index contributed by atoms with van der Waals surface area (Å²) < 4.78 is 5.26. The zero-order chi connectivity index (χ0) is 20.0. The van der Waals surface area contributed by atoms with Crippen LogP contribution in [0, 0.1) is 5.92 Å². The predicted octanol–water partition coefficient (Wildman–Crippen LogP) is 3.73. The minimum absolute atomic E-state index is 0.201. The molecule has 0 saturated heterocycles. The maximum Gasteiger partial charge on any atom is 0.329 e. The Morgan fingerprint density at radius 1 is 1.07 bits per heavy atom. The molecule has 0 fully saturated rings. The Hall–Kier alpha value is -2.38. The highest BCUT2D eigenvalue weighted by Gasteiger charge is 2.29. The number of benzene rings is 1. The van der Waals surface area contributed by atoms with Gasteiger partial charge in [0, 0.05) is 10.7 Å². The molecule has 144 valence electrons. The van der Waals surface area contributed by atoms with Gasteiger partial charge in [0.1, 0.15) is 6.04 Å². The second-order valence-corrected chi connectivity index (χ2v) is 7.63. The lowest BCUT2D eigenvalue weighted by Crippen LogP contribution is -2.47. The van der Waals surface area contributed by atoms with Crippen LogP contribution in [0.5, 0.6) is 0 Å². The molecule has 2 N–H and O–H groups in total. The van der Waals surface area contributed by atoms with Gasteiger partial charge in [0.2, 0.25) is 0 Å². The van der Waals surface area contributed by atoms with Gasteiger partial charge in [-0.1, -0.05) is 31.5 Å². The van der Waals surface area contributed by atoms with Crippen LogP contribution in [0.25, 0.3) is 0 Å². The van der Waals surface area contributed by atoms with Crippen molar-refractivity contribution in [2.75, 3.05) is 5.32 Å². The molecular weight excluding hydrogens is 388 g/mol. The first-order valence-electron chi connectivity index (χ1n) is 8.39. The van der Waals surface area contributed by atoms with Gasteiger partial charge < -0.3 is 15.4 Å². The summed E-state index contributed by atoms with van der Waals surface area (Å²) in [7, 11) is 0. The number of thiophene rings is 1. The number of anilines is 1. The molecule has 2 rings (SSSR count). The molecule has 1 aromatic carbocycles.